The summed E-state index contributed by atoms with van der Waals surface area (Å²) in [6.45, 7) is 3.59. The fraction of sp³-hybridized carbons (Fsp3) is 0.0556. The van der Waals surface area contributed by atoms with Crippen LogP contribution in [0.3, 0.4) is 0 Å². The molecule has 0 bridgehead atoms. The number of hydrogen-bond donors (Lipinski definition) is 3. The quantitative estimate of drug-likeness (QED) is 0.0690. The predicted molar refractivity (Wildman–Crippen MR) is 198 cm³/mol. The minimum Gasteiger partial charge on any atom is -0.368 e. The van der Waals surface area contributed by atoms with Crippen molar-refractivity contribution in [2.75, 3.05) is 16.4 Å². The van der Waals surface area contributed by atoms with Crippen LogP contribution in [0.2, 0.25) is 10.3 Å². The maximum Gasteiger partial charge on any atom is 0.326 e. The van der Waals surface area contributed by atoms with Gasteiger partial charge in [-0.05, 0) is 77.1 Å². The van der Waals surface area contributed by atoms with Crippen LogP contribution in [-0.2, 0) is 0 Å². The van der Waals surface area contributed by atoms with Crippen LogP contribution < -0.4 is 16.4 Å². The maximum atomic E-state index is 12.1. The summed E-state index contributed by atoms with van der Waals surface area (Å²) in [5, 5.41) is 9.08. The van der Waals surface area contributed by atoms with Gasteiger partial charge in [-0.25, -0.2) is 24.7 Å². The number of nitrogens with two attached hydrogens (primary N) is 1. The molecule has 0 saturated heterocycles. The molecule has 0 fully saturated rings. The number of nitrogens with zero attached hydrogens (tertiary/aromatic N) is 7. The number of azide groups is 1. The molecule has 0 aliphatic heterocycles. The highest BCUT2D eigenvalue weighted by Gasteiger charge is 2.08. The normalized spacial score (nSPS) is 9.84. The third kappa shape index (κ3) is 11.7. The van der Waals surface area contributed by atoms with Gasteiger partial charge in [0.2, 0.25) is 17.8 Å². The van der Waals surface area contributed by atoms with E-state index in [4.69, 9.17) is 34.5 Å². The molecular formula is C36H30Cl2N10O2. The third-order valence-electron chi connectivity index (χ3n) is 6.47. The van der Waals surface area contributed by atoms with Crippen LogP contribution in [0.5, 0.6) is 0 Å². The van der Waals surface area contributed by atoms with Crippen molar-refractivity contribution < 1.29 is 9.59 Å². The molecule has 0 atom stereocenters. The first kappa shape index (κ1) is 36.5. The number of hydrogen-bond acceptors (Lipinski definition) is 7. The lowest BCUT2D eigenvalue weighted by Crippen LogP contribution is -2.21. The molecule has 6 rings (SSSR count). The van der Waals surface area contributed by atoms with Crippen LogP contribution in [0.15, 0.2) is 126 Å². The SMILES string of the molecule is Cc1cc(Cl)nc(N)n1.Cc1cc(Cl)nc(NC(=O)Nc2cccc(-c3ccccc3)c2)n1.[N-]=[N+]=NC(=O)c1cccc(-c2ccccc2)c1. The zero-order valence-corrected chi connectivity index (χ0v) is 28.3. The second kappa shape index (κ2) is 18.3. The Balaban J connectivity index is 0.000000187. The van der Waals surface area contributed by atoms with E-state index in [9.17, 15) is 9.59 Å². The van der Waals surface area contributed by atoms with Gasteiger partial charge in [-0.1, -0.05) is 114 Å². The number of aryl methyl sites for hydroxylation is 2. The van der Waals surface area contributed by atoms with Crippen molar-refractivity contribution in [3.05, 3.63) is 159 Å². The molecule has 0 saturated carbocycles. The fourth-order valence-electron chi connectivity index (χ4n) is 4.37. The van der Waals surface area contributed by atoms with Gasteiger partial charge in [-0.2, -0.15) is 0 Å². The lowest BCUT2D eigenvalue weighted by Gasteiger charge is -2.09. The standard InChI is InChI=1S/C18H15ClN4O.C13H9N3O.C5H6ClN3/c1-12-10-16(19)22-17(20-12)23-18(24)21-15-9-5-8-14(11-15)13-6-3-2-4-7-13;14-16-15-13(17)12-8-4-7-11(9-12)10-5-2-1-3-6-10;1-3-2-4(6)9-5(7)8-3/h2-11H,1H3,(H2,20,21,22,23,24);1-9H;2H,1H3,(H2,7,8,9). The Morgan fingerprint density at radius 3 is 1.76 bits per heavy atom. The zero-order chi connectivity index (χ0) is 35.9. The molecule has 4 aromatic carbocycles. The minimum atomic E-state index is -0.565. The van der Waals surface area contributed by atoms with Crippen molar-refractivity contribution in [2.24, 2.45) is 5.11 Å². The summed E-state index contributed by atoms with van der Waals surface area (Å²) in [5.74, 6) is -0.179. The molecule has 4 N–H and O–H groups in total. The number of aromatic nitrogens is 4. The van der Waals surface area contributed by atoms with Gasteiger partial charge in [0.05, 0.1) is 0 Å². The van der Waals surface area contributed by atoms with Crippen LogP contribution in [-0.4, -0.2) is 31.9 Å². The maximum absolute atomic E-state index is 12.1. The van der Waals surface area contributed by atoms with Gasteiger partial charge in [0.1, 0.15) is 10.3 Å². The summed E-state index contributed by atoms with van der Waals surface area (Å²) in [4.78, 5) is 41.6. The molecule has 14 heteroatoms. The van der Waals surface area contributed by atoms with Crippen molar-refractivity contribution in [1.82, 2.24) is 19.9 Å². The van der Waals surface area contributed by atoms with Crippen molar-refractivity contribution >= 4 is 52.7 Å². The number of urea groups is 1. The van der Waals surface area contributed by atoms with Crippen LogP contribution in [0.25, 0.3) is 32.7 Å². The molecular weight excluding hydrogens is 675 g/mol. The Labute approximate surface area is 298 Å². The van der Waals surface area contributed by atoms with E-state index in [1.807, 2.05) is 97.9 Å². The van der Waals surface area contributed by atoms with Gasteiger partial charge in [0.15, 0.2) is 0 Å². The number of benzene rings is 4. The van der Waals surface area contributed by atoms with Gasteiger partial charge >= 0.3 is 6.03 Å². The number of carbonyl (C=O) groups is 2. The molecule has 12 nitrogen and oxygen atoms in total. The molecule has 2 aromatic heterocycles. The Morgan fingerprint density at radius 2 is 1.20 bits per heavy atom. The Hall–Kier alpha value is -6.33. The van der Waals surface area contributed by atoms with E-state index in [2.05, 4.69) is 40.6 Å². The molecule has 0 aliphatic carbocycles. The summed E-state index contributed by atoms with van der Waals surface area (Å²) >= 11 is 11.4. The number of carbonyl (C=O) groups excluding carboxylic acids is 2. The van der Waals surface area contributed by atoms with E-state index in [1.165, 1.54) is 0 Å². The number of anilines is 3. The highest BCUT2D eigenvalue weighted by atomic mass is 35.5. The van der Waals surface area contributed by atoms with Crippen LogP contribution in [0, 0.1) is 13.8 Å². The predicted octanol–water partition coefficient (Wildman–Crippen LogP) is 9.57. The van der Waals surface area contributed by atoms with Crippen LogP contribution in [0.4, 0.5) is 22.4 Å². The second-order valence-electron chi connectivity index (χ2n) is 10.3. The zero-order valence-electron chi connectivity index (χ0n) is 26.8. The minimum absolute atomic E-state index is 0.164. The first-order valence-corrected chi connectivity index (χ1v) is 15.6. The summed E-state index contributed by atoms with van der Waals surface area (Å²) < 4.78 is 0. The average molecular weight is 706 g/mol. The topological polar surface area (TPSA) is 185 Å². The molecule has 0 aliphatic rings. The summed E-state index contributed by atoms with van der Waals surface area (Å²) in [6.07, 6.45) is 0. The number of amides is 3. The number of halogens is 2. The largest absolute Gasteiger partial charge is 0.368 e. The highest BCUT2D eigenvalue weighted by molar-refractivity contribution is 6.29. The van der Waals surface area contributed by atoms with Gasteiger partial charge < -0.3 is 11.1 Å². The van der Waals surface area contributed by atoms with Crippen molar-refractivity contribution in [3.63, 3.8) is 0 Å². The number of nitrogen functional groups attached to an aromatic ring is 1. The molecule has 0 spiro atoms. The van der Waals surface area contributed by atoms with E-state index >= 15 is 0 Å². The summed E-state index contributed by atoms with van der Waals surface area (Å²) in [5.41, 5.74) is 20.0. The molecule has 2 heterocycles. The van der Waals surface area contributed by atoms with E-state index in [0.29, 0.717) is 22.1 Å². The number of rotatable bonds is 5. The smallest absolute Gasteiger partial charge is 0.326 e. The van der Waals surface area contributed by atoms with Gasteiger partial charge in [-0.15, -0.1) is 0 Å². The molecule has 250 valence electrons. The van der Waals surface area contributed by atoms with Gasteiger partial charge in [-0.3, -0.25) is 10.1 Å². The third-order valence-corrected chi connectivity index (χ3v) is 6.86. The van der Waals surface area contributed by atoms with Crippen LogP contribution >= 0.6 is 23.2 Å². The summed E-state index contributed by atoms with van der Waals surface area (Å²) in [6, 6.07) is 37.1. The lowest BCUT2D eigenvalue weighted by molar-refractivity contribution is 0.100. The van der Waals surface area contributed by atoms with Gasteiger partial charge in [0.25, 0.3) is 0 Å². The summed E-state index contributed by atoms with van der Waals surface area (Å²) in [7, 11) is 0. The molecule has 0 radical (unpaired) electrons. The molecule has 50 heavy (non-hydrogen) atoms. The highest BCUT2D eigenvalue weighted by Crippen LogP contribution is 2.23. The molecule has 3 amide bonds. The van der Waals surface area contributed by atoms with E-state index in [0.717, 1.165) is 27.9 Å². The monoisotopic (exact) mass is 704 g/mol. The number of nitrogens with one attached hydrogen (secondary N) is 2. The first-order chi connectivity index (χ1) is 24.1. The molecule has 0 unspecified atom stereocenters. The van der Waals surface area contributed by atoms with Crippen molar-refractivity contribution in [1.29, 1.82) is 0 Å². The Morgan fingerprint density at radius 1 is 0.660 bits per heavy atom. The average Bonchev–Trinajstić information content (AvgIpc) is 3.09. The van der Waals surface area contributed by atoms with Gasteiger partial charge in [0, 0.05) is 27.6 Å². The van der Waals surface area contributed by atoms with E-state index in [-0.39, 0.29) is 17.0 Å². The first-order valence-electron chi connectivity index (χ1n) is 14.9. The van der Waals surface area contributed by atoms with Crippen LogP contribution in [0.1, 0.15) is 21.7 Å². The lowest BCUT2D eigenvalue weighted by atomic mass is 10.0. The van der Waals surface area contributed by atoms with E-state index < -0.39 is 11.9 Å². The Bertz CT molecular complexity index is 2060. The molecule has 6 aromatic rings. The second-order valence-corrected chi connectivity index (χ2v) is 11.1. The van der Waals surface area contributed by atoms with Crippen molar-refractivity contribution in [3.8, 4) is 22.3 Å². The van der Waals surface area contributed by atoms with Crippen molar-refractivity contribution in [2.45, 2.75) is 13.8 Å². The Kier molecular flexibility index (Phi) is 13.3. The fourth-order valence-corrected chi connectivity index (χ4v) is 4.85. The van der Waals surface area contributed by atoms with E-state index in [1.54, 1.807) is 37.3 Å².